The minimum absolute atomic E-state index is 0.0316. The summed E-state index contributed by atoms with van der Waals surface area (Å²) in [6.45, 7) is 0.563. The van der Waals surface area contributed by atoms with Crippen molar-refractivity contribution in [1.82, 2.24) is 5.32 Å². The summed E-state index contributed by atoms with van der Waals surface area (Å²) in [6.07, 6.45) is 3.05. The molecule has 0 aromatic heterocycles. The third kappa shape index (κ3) is 3.76. The van der Waals surface area contributed by atoms with Gasteiger partial charge in [-0.05, 0) is 33.9 Å². The molecule has 0 heterocycles. The van der Waals surface area contributed by atoms with E-state index >= 15 is 0 Å². The van der Waals surface area contributed by atoms with E-state index in [1.54, 1.807) is 30.4 Å². The third-order valence-electron chi connectivity index (χ3n) is 5.25. The summed E-state index contributed by atoms with van der Waals surface area (Å²) >= 11 is 0. The van der Waals surface area contributed by atoms with Crippen molar-refractivity contribution >= 4 is 17.9 Å². The van der Waals surface area contributed by atoms with Crippen LogP contribution in [0.4, 0.5) is 10.5 Å². The molecule has 3 N–H and O–H groups in total. The molecule has 148 valence electrons. The van der Waals surface area contributed by atoms with E-state index in [1.165, 1.54) is 22.3 Å². The maximum atomic E-state index is 12.2. The van der Waals surface area contributed by atoms with Gasteiger partial charge in [-0.3, -0.25) is 0 Å². The zero-order valence-electron chi connectivity index (χ0n) is 16.3. The fourth-order valence-corrected chi connectivity index (χ4v) is 3.83. The smallest absolute Gasteiger partial charge is 0.407 e. The van der Waals surface area contributed by atoms with Crippen molar-refractivity contribution < 1.29 is 9.53 Å². The summed E-state index contributed by atoms with van der Waals surface area (Å²) in [7, 11) is 0. The van der Waals surface area contributed by atoms with Crippen molar-refractivity contribution in [3.63, 3.8) is 0 Å². The number of anilines is 1. The molecule has 4 rings (SSSR count). The molecule has 30 heavy (non-hydrogen) atoms. The largest absolute Gasteiger partial charge is 0.449 e. The lowest BCUT2D eigenvalue weighted by molar-refractivity contribution is 0.144. The minimum Gasteiger partial charge on any atom is -0.449 e. The Kier molecular flexibility index (Phi) is 5.49. The van der Waals surface area contributed by atoms with Gasteiger partial charge in [0, 0.05) is 12.5 Å². The molecule has 3 aromatic carbocycles. The molecule has 1 aliphatic carbocycles. The molecular formula is C25H21N3O2. The molecule has 3 aromatic rings. The van der Waals surface area contributed by atoms with E-state index in [4.69, 9.17) is 10.5 Å². The second-order valence-electron chi connectivity index (χ2n) is 7.03. The van der Waals surface area contributed by atoms with Gasteiger partial charge in [0.05, 0.1) is 11.3 Å². The Labute approximate surface area is 175 Å². The number of benzene rings is 3. The Balaban J connectivity index is 1.35. The molecule has 0 saturated heterocycles. The third-order valence-corrected chi connectivity index (χ3v) is 5.25. The van der Waals surface area contributed by atoms with Gasteiger partial charge in [-0.2, -0.15) is 5.26 Å². The van der Waals surface area contributed by atoms with Crippen LogP contribution >= 0.6 is 0 Å². The van der Waals surface area contributed by atoms with Gasteiger partial charge in [-0.1, -0.05) is 72.8 Å². The van der Waals surface area contributed by atoms with Crippen LogP contribution in [0.25, 0.3) is 17.2 Å². The summed E-state index contributed by atoms with van der Waals surface area (Å²) < 4.78 is 5.50. The van der Waals surface area contributed by atoms with Gasteiger partial charge in [0.25, 0.3) is 0 Å². The first-order chi connectivity index (χ1) is 14.7. The summed E-state index contributed by atoms with van der Waals surface area (Å²) in [5, 5.41) is 11.9. The van der Waals surface area contributed by atoms with E-state index in [1.807, 2.05) is 24.3 Å². The summed E-state index contributed by atoms with van der Waals surface area (Å²) in [5.41, 5.74) is 12.1. The van der Waals surface area contributed by atoms with Gasteiger partial charge >= 0.3 is 6.09 Å². The number of alkyl carbamates (subject to hydrolysis) is 1. The topological polar surface area (TPSA) is 88.1 Å². The average molecular weight is 395 g/mol. The monoisotopic (exact) mass is 395 g/mol. The lowest BCUT2D eigenvalue weighted by atomic mass is 9.98. The lowest BCUT2D eigenvalue weighted by Crippen LogP contribution is -2.26. The fourth-order valence-electron chi connectivity index (χ4n) is 3.83. The van der Waals surface area contributed by atoms with Gasteiger partial charge in [-0.25, -0.2) is 4.79 Å². The molecule has 0 radical (unpaired) electrons. The van der Waals surface area contributed by atoms with Gasteiger partial charge < -0.3 is 15.8 Å². The second kappa shape index (κ2) is 8.54. The predicted molar refractivity (Wildman–Crippen MR) is 118 cm³/mol. The minimum atomic E-state index is -0.477. The fraction of sp³-hybridized carbons (Fsp3) is 0.120. The first kappa shape index (κ1) is 19.3. The number of hydrogen-bond acceptors (Lipinski definition) is 4. The number of carbonyl (C=O) groups excluding carboxylic acids is 1. The summed E-state index contributed by atoms with van der Waals surface area (Å²) in [6, 6.07) is 23.8. The lowest BCUT2D eigenvalue weighted by Gasteiger charge is -2.14. The van der Waals surface area contributed by atoms with Crippen LogP contribution in [-0.2, 0) is 4.74 Å². The second-order valence-corrected chi connectivity index (χ2v) is 7.03. The molecule has 0 saturated carbocycles. The Bertz CT molecular complexity index is 1120. The molecule has 0 spiro atoms. The highest BCUT2D eigenvalue weighted by atomic mass is 16.5. The van der Waals surface area contributed by atoms with Crippen molar-refractivity contribution in [1.29, 1.82) is 5.26 Å². The van der Waals surface area contributed by atoms with Crippen LogP contribution in [-0.4, -0.2) is 19.2 Å². The number of nitrogens with one attached hydrogen (secondary N) is 1. The van der Waals surface area contributed by atoms with Crippen LogP contribution in [0.1, 0.15) is 28.2 Å². The molecular weight excluding hydrogens is 374 g/mol. The molecule has 0 bridgehead atoms. The van der Waals surface area contributed by atoms with Crippen LogP contribution in [0.2, 0.25) is 0 Å². The highest BCUT2D eigenvalue weighted by Gasteiger charge is 2.28. The predicted octanol–water partition coefficient (Wildman–Crippen LogP) is 4.69. The molecule has 1 aliphatic rings. The van der Waals surface area contributed by atoms with Crippen molar-refractivity contribution in [2.24, 2.45) is 0 Å². The number of fused-ring (bicyclic) bond motifs is 3. The van der Waals surface area contributed by atoms with Crippen LogP contribution in [0.5, 0.6) is 0 Å². The number of amides is 1. The number of rotatable bonds is 5. The first-order valence-electron chi connectivity index (χ1n) is 9.73. The molecule has 0 unspecified atom stereocenters. The van der Waals surface area contributed by atoms with E-state index in [9.17, 15) is 10.1 Å². The van der Waals surface area contributed by atoms with Crippen LogP contribution < -0.4 is 11.1 Å². The quantitative estimate of drug-likeness (QED) is 0.613. The number of hydrogen-bond donors (Lipinski definition) is 2. The number of carbonyl (C=O) groups is 1. The Hall–Kier alpha value is -4.04. The molecule has 1 amide bonds. The average Bonchev–Trinajstić information content (AvgIpc) is 3.09. The highest BCUT2D eigenvalue weighted by Crippen LogP contribution is 2.44. The van der Waals surface area contributed by atoms with Gasteiger partial charge in [0.1, 0.15) is 12.7 Å². The Morgan fingerprint density at radius 1 is 1.03 bits per heavy atom. The standard InChI is InChI=1S/C25H21N3O2/c26-15-22-17(7-5-13-24(22)27)8-6-14-28-25(29)30-16-23-20-11-3-1-9-18(20)19-10-2-4-12-21(19)23/h1-13,23H,14,16,27H2,(H,28,29). The molecule has 0 aliphatic heterocycles. The van der Waals surface area contributed by atoms with Crippen molar-refractivity contribution in [3.05, 3.63) is 95.1 Å². The van der Waals surface area contributed by atoms with Gasteiger partial charge in [0.15, 0.2) is 0 Å². The maximum absolute atomic E-state index is 12.2. The Morgan fingerprint density at radius 2 is 1.70 bits per heavy atom. The van der Waals surface area contributed by atoms with Gasteiger partial charge in [-0.15, -0.1) is 0 Å². The molecule has 5 nitrogen and oxygen atoms in total. The number of ether oxygens (including phenoxy) is 1. The molecule has 0 atom stereocenters. The number of nitrogen functional groups attached to an aromatic ring is 1. The maximum Gasteiger partial charge on any atom is 0.407 e. The summed E-state index contributed by atoms with van der Waals surface area (Å²) in [5.74, 6) is 0.0316. The van der Waals surface area contributed by atoms with Gasteiger partial charge in [0.2, 0.25) is 0 Å². The zero-order chi connectivity index (χ0) is 20.9. The van der Waals surface area contributed by atoms with Crippen LogP contribution in [0.3, 0.4) is 0 Å². The zero-order valence-corrected chi connectivity index (χ0v) is 16.3. The van der Waals surface area contributed by atoms with Crippen LogP contribution in [0.15, 0.2) is 72.8 Å². The van der Waals surface area contributed by atoms with E-state index in [0.29, 0.717) is 16.8 Å². The Morgan fingerprint density at radius 3 is 2.37 bits per heavy atom. The number of nitriles is 1. The molecule has 0 fully saturated rings. The van der Waals surface area contributed by atoms with Crippen LogP contribution in [0, 0.1) is 11.3 Å². The number of nitrogens with zero attached hydrogens (tertiary/aromatic N) is 1. The summed E-state index contributed by atoms with van der Waals surface area (Å²) in [4.78, 5) is 12.2. The van der Waals surface area contributed by atoms with E-state index in [-0.39, 0.29) is 19.1 Å². The van der Waals surface area contributed by atoms with Crippen molar-refractivity contribution in [2.45, 2.75) is 5.92 Å². The van der Waals surface area contributed by atoms with E-state index in [2.05, 4.69) is 35.7 Å². The molecule has 5 heteroatoms. The number of nitrogens with two attached hydrogens (primary N) is 1. The van der Waals surface area contributed by atoms with E-state index in [0.717, 1.165) is 0 Å². The van der Waals surface area contributed by atoms with Crippen molar-refractivity contribution in [3.8, 4) is 17.2 Å². The highest BCUT2D eigenvalue weighted by molar-refractivity contribution is 5.79. The van der Waals surface area contributed by atoms with Crippen molar-refractivity contribution in [2.75, 3.05) is 18.9 Å². The van der Waals surface area contributed by atoms with E-state index < -0.39 is 6.09 Å². The SMILES string of the molecule is N#Cc1c(N)cccc1C=CCNC(=O)OCC1c2ccccc2-c2ccccc21. The normalized spacial score (nSPS) is 12.2. The first-order valence-corrected chi connectivity index (χ1v) is 9.73.